The van der Waals surface area contributed by atoms with Gasteiger partial charge in [-0.15, -0.1) is 0 Å². The van der Waals surface area contributed by atoms with Gasteiger partial charge in [-0.05, 0) is 69.9 Å². The standard InChI is InChI=1S/C18H32N2O/c1-4-20-12-5-8-18(21,11-13-20)17(14-19)9-6-16(7-10-17)15(2)3/h15-16,21H,4-13H2,1-3H3. The van der Waals surface area contributed by atoms with Crippen molar-refractivity contribution in [2.24, 2.45) is 17.3 Å². The molecule has 1 unspecified atom stereocenters. The molecule has 1 atom stereocenters. The van der Waals surface area contributed by atoms with E-state index in [1.165, 1.54) is 0 Å². The van der Waals surface area contributed by atoms with Crippen molar-refractivity contribution in [1.82, 2.24) is 4.90 Å². The Kier molecular flexibility index (Phi) is 5.33. The van der Waals surface area contributed by atoms with Crippen LogP contribution in [0.1, 0.15) is 65.7 Å². The zero-order valence-corrected chi connectivity index (χ0v) is 14.1. The van der Waals surface area contributed by atoms with Gasteiger partial charge in [0.2, 0.25) is 0 Å². The highest BCUT2D eigenvalue weighted by atomic mass is 16.3. The number of nitrogens with zero attached hydrogens (tertiary/aromatic N) is 2. The molecular weight excluding hydrogens is 260 g/mol. The Hall–Kier alpha value is -0.590. The minimum absolute atomic E-state index is 0.498. The molecule has 3 heteroatoms. The van der Waals surface area contributed by atoms with Crippen molar-refractivity contribution in [3.63, 3.8) is 0 Å². The lowest BCUT2D eigenvalue weighted by molar-refractivity contribution is -0.0897. The monoisotopic (exact) mass is 292 g/mol. The van der Waals surface area contributed by atoms with E-state index in [9.17, 15) is 10.4 Å². The van der Waals surface area contributed by atoms with Gasteiger partial charge in [0.15, 0.2) is 0 Å². The lowest BCUT2D eigenvalue weighted by Crippen LogP contribution is -2.50. The molecule has 0 aromatic carbocycles. The van der Waals surface area contributed by atoms with E-state index < -0.39 is 11.0 Å². The normalized spacial score (nSPS) is 39.0. The fourth-order valence-corrected chi connectivity index (χ4v) is 4.45. The molecule has 0 spiro atoms. The SMILES string of the molecule is CCN1CCCC(O)(C2(C#N)CCC(C(C)C)CC2)CC1. The van der Waals surface area contributed by atoms with Crippen LogP contribution in [-0.2, 0) is 0 Å². The molecule has 120 valence electrons. The van der Waals surface area contributed by atoms with Gasteiger partial charge in [-0.3, -0.25) is 0 Å². The molecule has 21 heavy (non-hydrogen) atoms. The van der Waals surface area contributed by atoms with Crippen LogP contribution in [0.15, 0.2) is 0 Å². The first-order chi connectivity index (χ1) is 9.96. The van der Waals surface area contributed by atoms with E-state index in [2.05, 4.69) is 31.7 Å². The molecular formula is C18H32N2O. The first-order valence-electron chi connectivity index (χ1n) is 8.82. The number of hydrogen-bond acceptors (Lipinski definition) is 3. The summed E-state index contributed by atoms with van der Waals surface area (Å²) in [5, 5.41) is 21.2. The number of likely N-dealkylation sites (tertiary alicyclic amines) is 1. The van der Waals surface area contributed by atoms with Crippen LogP contribution in [0, 0.1) is 28.6 Å². The minimum atomic E-state index is -0.770. The van der Waals surface area contributed by atoms with E-state index in [0.717, 1.165) is 70.5 Å². The number of nitriles is 1. The molecule has 1 aliphatic carbocycles. The molecule has 0 aromatic heterocycles. The summed E-state index contributed by atoms with van der Waals surface area (Å²) in [6, 6.07) is 2.58. The molecule has 2 aliphatic rings. The quantitative estimate of drug-likeness (QED) is 0.865. The Labute approximate surface area is 130 Å². The Bertz CT molecular complexity index is 379. The summed E-state index contributed by atoms with van der Waals surface area (Å²) in [5.74, 6) is 1.43. The van der Waals surface area contributed by atoms with Crippen molar-refractivity contribution in [3.05, 3.63) is 0 Å². The summed E-state index contributed by atoms with van der Waals surface area (Å²) in [4.78, 5) is 2.41. The zero-order valence-electron chi connectivity index (χ0n) is 14.1. The fourth-order valence-electron chi connectivity index (χ4n) is 4.45. The highest BCUT2D eigenvalue weighted by Crippen LogP contribution is 2.51. The average Bonchev–Trinajstić information content (AvgIpc) is 2.70. The van der Waals surface area contributed by atoms with Gasteiger partial charge in [0.25, 0.3) is 0 Å². The summed E-state index contributed by atoms with van der Waals surface area (Å²) in [6.45, 7) is 9.79. The first kappa shape index (κ1) is 16.8. The molecule has 1 N–H and O–H groups in total. The lowest BCUT2D eigenvalue weighted by Gasteiger charge is -2.47. The van der Waals surface area contributed by atoms with Gasteiger partial charge < -0.3 is 10.0 Å². The molecule has 0 amide bonds. The third-order valence-corrected chi connectivity index (χ3v) is 6.28. The molecule has 2 rings (SSSR count). The van der Waals surface area contributed by atoms with Gasteiger partial charge in [-0.2, -0.15) is 5.26 Å². The second kappa shape index (κ2) is 6.67. The number of aliphatic hydroxyl groups is 1. The van der Waals surface area contributed by atoms with E-state index in [-0.39, 0.29) is 0 Å². The molecule has 0 radical (unpaired) electrons. The van der Waals surface area contributed by atoms with Gasteiger partial charge in [-0.1, -0.05) is 20.8 Å². The first-order valence-corrected chi connectivity index (χ1v) is 8.82. The highest BCUT2D eigenvalue weighted by molar-refractivity contribution is 5.13. The predicted octanol–water partition coefficient (Wildman–Crippen LogP) is 3.58. The Morgan fingerprint density at radius 3 is 2.38 bits per heavy atom. The summed E-state index contributed by atoms with van der Waals surface area (Å²) in [6.07, 6.45) is 6.55. The number of hydrogen-bond donors (Lipinski definition) is 1. The smallest absolute Gasteiger partial charge is 0.0861 e. The summed E-state index contributed by atoms with van der Waals surface area (Å²) < 4.78 is 0. The van der Waals surface area contributed by atoms with Crippen LogP contribution in [0.25, 0.3) is 0 Å². The fraction of sp³-hybridized carbons (Fsp3) is 0.944. The number of rotatable bonds is 3. The summed E-state index contributed by atoms with van der Waals surface area (Å²) in [5.41, 5.74) is -1.27. The van der Waals surface area contributed by atoms with Crippen LogP contribution in [0.2, 0.25) is 0 Å². The Balaban J connectivity index is 2.11. The molecule has 2 fully saturated rings. The van der Waals surface area contributed by atoms with E-state index in [1.54, 1.807) is 0 Å². The van der Waals surface area contributed by atoms with Crippen molar-refractivity contribution in [2.75, 3.05) is 19.6 Å². The summed E-state index contributed by atoms with van der Waals surface area (Å²) >= 11 is 0. The maximum Gasteiger partial charge on any atom is 0.0861 e. The van der Waals surface area contributed by atoms with Crippen LogP contribution >= 0.6 is 0 Å². The maximum atomic E-state index is 11.3. The third kappa shape index (κ3) is 3.27. The van der Waals surface area contributed by atoms with Crippen LogP contribution in [0.3, 0.4) is 0 Å². The van der Waals surface area contributed by atoms with E-state index in [0.29, 0.717) is 5.92 Å². The van der Waals surface area contributed by atoms with Gasteiger partial charge in [0.05, 0.1) is 17.1 Å². The van der Waals surface area contributed by atoms with Crippen LogP contribution in [0.4, 0.5) is 0 Å². The largest absolute Gasteiger partial charge is 0.388 e. The lowest BCUT2D eigenvalue weighted by atomic mass is 9.59. The Morgan fingerprint density at radius 2 is 1.86 bits per heavy atom. The van der Waals surface area contributed by atoms with Crippen LogP contribution in [0.5, 0.6) is 0 Å². The van der Waals surface area contributed by atoms with Crippen molar-refractivity contribution in [2.45, 2.75) is 71.3 Å². The van der Waals surface area contributed by atoms with Gasteiger partial charge in [-0.25, -0.2) is 0 Å². The van der Waals surface area contributed by atoms with Crippen molar-refractivity contribution < 1.29 is 5.11 Å². The predicted molar refractivity (Wildman–Crippen MR) is 85.8 cm³/mol. The van der Waals surface area contributed by atoms with E-state index >= 15 is 0 Å². The minimum Gasteiger partial charge on any atom is -0.388 e. The highest BCUT2D eigenvalue weighted by Gasteiger charge is 2.52. The van der Waals surface area contributed by atoms with Crippen molar-refractivity contribution in [3.8, 4) is 6.07 Å². The van der Waals surface area contributed by atoms with Gasteiger partial charge >= 0.3 is 0 Å². The van der Waals surface area contributed by atoms with Crippen molar-refractivity contribution >= 4 is 0 Å². The second-order valence-corrected chi connectivity index (χ2v) is 7.59. The third-order valence-electron chi connectivity index (χ3n) is 6.28. The van der Waals surface area contributed by atoms with Crippen LogP contribution < -0.4 is 0 Å². The van der Waals surface area contributed by atoms with E-state index in [1.807, 2.05) is 0 Å². The molecule has 1 heterocycles. The topological polar surface area (TPSA) is 47.3 Å². The maximum absolute atomic E-state index is 11.3. The van der Waals surface area contributed by atoms with Crippen LogP contribution in [-0.4, -0.2) is 35.2 Å². The second-order valence-electron chi connectivity index (χ2n) is 7.59. The molecule has 1 aliphatic heterocycles. The zero-order chi connectivity index (χ0) is 15.5. The average molecular weight is 292 g/mol. The summed E-state index contributed by atoms with van der Waals surface area (Å²) in [7, 11) is 0. The molecule has 1 saturated carbocycles. The van der Waals surface area contributed by atoms with Crippen molar-refractivity contribution in [1.29, 1.82) is 5.26 Å². The van der Waals surface area contributed by atoms with Gasteiger partial charge in [0.1, 0.15) is 0 Å². The molecule has 0 bridgehead atoms. The van der Waals surface area contributed by atoms with E-state index in [4.69, 9.17) is 0 Å². The molecule has 1 saturated heterocycles. The molecule has 3 nitrogen and oxygen atoms in total. The van der Waals surface area contributed by atoms with Gasteiger partial charge in [0, 0.05) is 6.54 Å². The molecule has 0 aromatic rings. The Morgan fingerprint density at radius 1 is 1.19 bits per heavy atom.